The lowest BCUT2D eigenvalue weighted by Crippen LogP contribution is -2.52. The molecule has 3 rings (SSSR count). The van der Waals surface area contributed by atoms with Gasteiger partial charge >= 0.3 is 0 Å². The molecule has 0 radical (unpaired) electrons. The number of halogens is 2. The number of ether oxygens (including phenoxy) is 1. The van der Waals surface area contributed by atoms with Gasteiger partial charge in [-0.25, -0.2) is 8.42 Å². The number of benzene rings is 3. The number of likely N-dealkylation sites (N-methyl/N-ethyl adjacent to an activating group) is 1. The van der Waals surface area contributed by atoms with E-state index < -0.39 is 28.5 Å². The highest BCUT2D eigenvalue weighted by Gasteiger charge is 2.34. The van der Waals surface area contributed by atoms with Gasteiger partial charge in [0.15, 0.2) is 0 Å². The number of hydrogen-bond acceptors (Lipinski definition) is 5. The molecule has 0 aliphatic rings. The summed E-state index contributed by atoms with van der Waals surface area (Å²) in [5.41, 5.74) is 0.827. The molecule has 0 aliphatic carbocycles. The number of nitrogens with zero attached hydrogens (tertiary/aromatic N) is 2. The predicted molar refractivity (Wildman–Crippen MR) is 154 cm³/mol. The fourth-order valence-corrected chi connectivity index (χ4v) is 5.88. The van der Waals surface area contributed by atoms with Crippen molar-refractivity contribution in [1.29, 1.82) is 0 Å². The highest BCUT2D eigenvalue weighted by molar-refractivity contribution is 7.92. The Balaban J connectivity index is 2.10. The predicted octanol–water partition coefficient (Wildman–Crippen LogP) is 5.14. The van der Waals surface area contributed by atoms with Gasteiger partial charge in [-0.05, 0) is 55.3 Å². The molecule has 0 saturated carbocycles. The van der Waals surface area contributed by atoms with E-state index in [1.54, 1.807) is 74.5 Å². The zero-order chi connectivity index (χ0) is 28.6. The summed E-state index contributed by atoms with van der Waals surface area (Å²) in [7, 11) is -2.77. The van der Waals surface area contributed by atoms with Crippen LogP contribution in [-0.2, 0) is 26.2 Å². The Hall–Kier alpha value is -3.27. The Morgan fingerprint density at radius 3 is 2.23 bits per heavy atom. The Bertz CT molecular complexity index is 1400. The summed E-state index contributed by atoms with van der Waals surface area (Å²) in [6.07, 6.45) is 0.305. The highest BCUT2D eigenvalue weighted by atomic mass is 35.5. The van der Waals surface area contributed by atoms with Crippen molar-refractivity contribution in [3.63, 3.8) is 0 Å². The molecule has 0 aliphatic heterocycles. The first-order valence-corrected chi connectivity index (χ1v) is 14.6. The van der Waals surface area contributed by atoms with Crippen LogP contribution in [-0.4, -0.2) is 51.4 Å². The summed E-state index contributed by atoms with van der Waals surface area (Å²) in [4.78, 5) is 28.4. The molecule has 39 heavy (non-hydrogen) atoms. The molecule has 0 fully saturated rings. The number of amides is 2. The molecule has 8 nitrogen and oxygen atoms in total. The number of rotatable bonds is 12. The van der Waals surface area contributed by atoms with E-state index >= 15 is 0 Å². The molecule has 2 amide bonds. The lowest BCUT2D eigenvalue weighted by molar-refractivity contribution is -0.140. The molecule has 0 unspecified atom stereocenters. The van der Waals surface area contributed by atoms with Gasteiger partial charge in [0, 0.05) is 13.1 Å². The van der Waals surface area contributed by atoms with Gasteiger partial charge in [0.1, 0.15) is 18.3 Å². The quantitative estimate of drug-likeness (QED) is 0.314. The van der Waals surface area contributed by atoms with Crippen molar-refractivity contribution in [3.8, 4) is 5.75 Å². The Labute approximate surface area is 239 Å². The number of anilines is 1. The van der Waals surface area contributed by atoms with Gasteiger partial charge < -0.3 is 15.0 Å². The first kappa shape index (κ1) is 30.3. The third kappa shape index (κ3) is 7.23. The molecule has 0 bridgehead atoms. The second-order valence-corrected chi connectivity index (χ2v) is 11.3. The summed E-state index contributed by atoms with van der Waals surface area (Å²) in [6, 6.07) is 18.5. The first-order valence-electron chi connectivity index (χ1n) is 12.4. The molecule has 3 aromatic carbocycles. The summed E-state index contributed by atoms with van der Waals surface area (Å²) in [6.45, 7) is 3.38. The molecule has 0 aromatic heterocycles. The first-order chi connectivity index (χ1) is 18.6. The average molecular weight is 593 g/mol. The van der Waals surface area contributed by atoms with Crippen LogP contribution in [0.5, 0.6) is 5.75 Å². The lowest BCUT2D eigenvalue weighted by atomic mass is 10.1. The molecule has 1 N–H and O–H groups in total. The summed E-state index contributed by atoms with van der Waals surface area (Å²) < 4.78 is 34.2. The third-order valence-electron chi connectivity index (χ3n) is 6.04. The van der Waals surface area contributed by atoms with E-state index in [0.717, 1.165) is 4.31 Å². The fraction of sp³-hybridized carbons (Fsp3) is 0.286. The number of carbonyl (C=O) groups is 2. The third-order valence-corrected chi connectivity index (χ3v) is 8.55. The number of sulfonamides is 1. The van der Waals surface area contributed by atoms with Gasteiger partial charge in [-0.3, -0.25) is 13.9 Å². The van der Waals surface area contributed by atoms with Crippen molar-refractivity contribution in [2.45, 2.75) is 37.8 Å². The molecule has 0 saturated heterocycles. The minimum atomic E-state index is -4.20. The van der Waals surface area contributed by atoms with Crippen molar-refractivity contribution in [2.24, 2.45) is 0 Å². The second kappa shape index (κ2) is 13.7. The maximum absolute atomic E-state index is 14.0. The van der Waals surface area contributed by atoms with E-state index in [-0.39, 0.29) is 28.8 Å². The number of para-hydroxylation sites is 2. The topological polar surface area (TPSA) is 96.0 Å². The van der Waals surface area contributed by atoms with E-state index in [4.69, 9.17) is 27.9 Å². The number of methoxy groups -OCH3 is 1. The van der Waals surface area contributed by atoms with E-state index in [1.807, 2.05) is 0 Å². The van der Waals surface area contributed by atoms with Gasteiger partial charge in [-0.15, -0.1) is 0 Å². The van der Waals surface area contributed by atoms with Crippen molar-refractivity contribution in [1.82, 2.24) is 10.2 Å². The van der Waals surface area contributed by atoms with Crippen LogP contribution in [0.2, 0.25) is 10.0 Å². The maximum atomic E-state index is 14.0. The molecule has 1 atom stereocenters. The van der Waals surface area contributed by atoms with Crippen LogP contribution in [0.25, 0.3) is 0 Å². The highest BCUT2D eigenvalue weighted by Crippen LogP contribution is 2.32. The minimum absolute atomic E-state index is 0.00973. The molecular weight excluding hydrogens is 561 g/mol. The van der Waals surface area contributed by atoms with Crippen LogP contribution in [0.4, 0.5) is 5.69 Å². The van der Waals surface area contributed by atoms with Crippen LogP contribution < -0.4 is 14.4 Å². The molecule has 11 heteroatoms. The molecule has 0 heterocycles. The fourth-order valence-electron chi connectivity index (χ4n) is 4.12. The van der Waals surface area contributed by atoms with Gasteiger partial charge in [-0.2, -0.15) is 0 Å². The average Bonchev–Trinajstić information content (AvgIpc) is 2.94. The van der Waals surface area contributed by atoms with Gasteiger partial charge in [-0.1, -0.05) is 66.5 Å². The van der Waals surface area contributed by atoms with E-state index in [0.29, 0.717) is 28.6 Å². The minimum Gasteiger partial charge on any atom is -0.495 e. The lowest BCUT2D eigenvalue weighted by Gasteiger charge is -2.33. The summed E-state index contributed by atoms with van der Waals surface area (Å²) >= 11 is 12.3. The van der Waals surface area contributed by atoms with Gasteiger partial charge in [0.05, 0.1) is 27.7 Å². The van der Waals surface area contributed by atoms with Gasteiger partial charge in [0.2, 0.25) is 11.8 Å². The Morgan fingerprint density at radius 2 is 1.62 bits per heavy atom. The van der Waals surface area contributed by atoms with Gasteiger partial charge in [0.25, 0.3) is 10.0 Å². The molecule has 208 valence electrons. The largest absolute Gasteiger partial charge is 0.495 e. The number of hydrogen-bond donors (Lipinski definition) is 1. The van der Waals surface area contributed by atoms with Crippen molar-refractivity contribution < 1.29 is 22.7 Å². The zero-order valence-corrected chi connectivity index (χ0v) is 24.3. The number of nitrogens with one attached hydrogen (secondary N) is 1. The maximum Gasteiger partial charge on any atom is 0.264 e. The van der Waals surface area contributed by atoms with Crippen LogP contribution in [0.15, 0.2) is 77.7 Å². The monoisotopic (exact) mass is 591 g/mol. The Morgan fingerprint density at radius 1 is 0.949 bits per heavy atom. The van der Waals surface area contributed by atoms with E-state index in [2.05, 4.69) is 5.32 Å². The summed E-state index contributed by atoms with van der Waals surface area (Å²) in [5, 5.41) is 3.42. The van der Waals surface area contributed by atoms with Crippen LogP contribution in [0, 0.1) is 0 Å². The molecular formula is C28H31Cl2N3O5S. The SMILES string of the molecule is CCNC(=O)[C@@H](CC)N(Cc1ccc(Cl)c(Cl)c1)C(=O)CN(c1ccccc1OC)S(=O)(=O)c1ccccc1. The zero-order valence-electron chi connectivity index (χ0n) is 21.9. The number of carbonyl (C=O) groups excluding carboxylic acids is 2. The van der Waals surface area contributed by atoms with E-state index in [9.17, 15) is 18.0 Å². The van der Waals surface area contributed by atoms with Crippen molar-refractivity contribution in [2.75, 3.05) is 24.5 Å². The normalized spacial score (nSPS) is 11.9. The summed E-state index contributed by atoms with van der Waals surface area (Å²) in [5.74, 6) is -0.649. The molecule has 0 spiro atoms. The van der Waals surface area contributed by atoms with Crippen LogP contribution in [0.3, 0.4) is 0 Å². The Kier molecular flexibility index (Phi) is 10.6. The molecule has 3 aromatic rings. The smallest absolute Gasteiger partial charge is 0.264 e. The van der Waals surface area contributed by atoms with E-state index in [1.165, 1.54) is 24.1 Å². The van der Waals surface area contributed by atoms with Crippen LogP contribution >= 0.6 is 23.2 Å². The standard InChI is InChI=1S/C28H31Cl2N3O5S/c1-4-24(28(35)31-5-2)32(18-20-15-16-22(29)23(30)17-20)27(34)19-33(25-13-9-10-14-26(25)38-3)39(36,37)21-11-7-6-8-12-21/h6-17,24H,4-5,18-19H2,1-3H3,(H,31,35)/t24-/m1/s1. The van der Waals surface area contributed by atoms with Crippen molar-refractivity contribution in [3.05, 3.63) is 88.4 Å². The second-order valence-electron chi connectivity index (χ2n) is 8.59. The van der Waals surface area contributed by atoms with Crippen molar-refractivity contribution >= 4 is 50.7 Å². The van der Waals surface area contributed by atoms with Crippen LogP contribution in [0.1, 0.15) is 25.8 Å².